The molecule has 0 aromatic carbocycles. The first-order valence-electron chi connectivity index (χ1n) is 4.91. The van der Waals surface area contributed by atoms with Gasteiger partial charge in [-0.25, -0.2) is 4.98 Å². The summed E-state index contributed by atoms with van der Waals surface area (Å²) in [6.45, 7) is 5.71. The van der Waals surface area contributed by atoms with E-state index in [1.807, 2.05) is 26.0 Å². The van der Waals surface area contributed by atoms with Crippen LogP contribution >= 0.6 is 11.3 Å². The Kier molecular flexibility index (Phi) is 3.18. The van der Waals surface area contributed by atoms with Crippen molar-refractivity contribution in [2.45, 2.75) is 26.9 Å². The average molecular weight is 222 g/mol. The van der Waals surface area contributed by atoms with Crippen LogP contribution in [0.1, 0.15) is 21.3 Å². The zero-order chi connectivity index (χ0) is 10.7. The summed E-state index contributed by atoms with van der Waals surface area (Å²) in [7, 11) is 0. The molecule has 0 saturated carbocycles. The number of aryl methyl sites for hydroxylation is 2. The lowest BCUT2D eigenvalue weighted by molar-refractivity contribution is 0.483. The normalized spacial score (nSPS) is 10.8. The number of aromatic nitrogens is 1. The van der Waals surface area contributed by atoms with Crippen LogP contribution in [0.5, 0.6) is 0 Å². The van der Waals surface area contributed by atoms with E-state index >= 15 is 0 Å². The Hall–Kier alpha value is -1.13. The van der Waals surface area contributed by atoms with E-state index < -0.39 is 0 Å². The Morgan fingerprint density at radius 1 is 1.40 bits per heavy atom. The Morgan fingerprint density at radius 3 is 2.87 bits per heavy atom. The maximum absolute atomic E-state index is 5.23. The predicted molar refractivity (Wildman–Crippen MR) is 60.8 cm³/mol. The first kappa shape index (κ1) is 10.4. The van der Waals surface area contributed by atoms with E-state index in [-0.39, 0.29) is 0 Å². The maximum atomic E-state index is 5.23. The maximum Gasteiger partial charge on any atom is 0.117 e. The summed E-state index contributed by atoms with van der Waals surface area (Å²) in [5.74, 6) is 0.967. The van der Waals surface area contributed by atoms with E-state index in [9.17, 15) is 0 Å². The molecule has 0 atom stereocenters. The van der Waals surface area contributed by atoms with Gasteiger partial charge in [0, 0.05) is 11.4 Å². The molecule has 0 unspecified atom stereocenters. The number of nitrogens with zero attached hydrogens (tertiary/aromatic N) is 1. The first-order valence-corrected chi connectivity index (χ1v) is 5.73. The molecule has 0 aliphatic carbocycles. The number of thiazole rings is 1. The molecule has 0 saturated heterocycles. The molecule has 3 nitrogen and oxygen atoms in total. The van der Waals surface area contributed by atoms with Gasteiger partial charge in [-0.2, -0.15) is 0 Å². The third-order valence-electron chi connectivity index (χ3n) is 2.16. The summed E-state index contributed by atoms with van der Waals surface area (Å²) in [5.41, 5.74) is 1.13. The van der Waals surface area contributed by atoms with Gasteiger partial charge in [0.15, 0.2) is 0 Å². The molecule has 2 aromatic heterocycles. The van der Waals surface area contributed by atoms with Crippen molar-refractivity contribution in [3.8, 4) is 0 Å². The molecular weight excluding hydrogens is 208 g/mol. The van der Waals surface area contributed by atoms with Gasteiger partial charge in [0.05, 0.1) is 23.5 Å². The molecule has 80 valence electrons. The zero-order valence-corrected chi connectivity index (χ0v) is 9.73. The number of hydrogen-bond acceptors (Lipinski definition) is 4. The minimum atomic E-state index is 0.767. The highest BCUT2D eigenvalue weighted by Gasteiger charge is 2.04. The smallest absolute Gasteiger partial charge is 0.117 e. The number of nitrogens with one attached hydrogen (secondary N) is 1. The van der Waals surface area contributed by atoms with Crippen molar-refractivity contribution in [1.82, 2.24) is 10.3 Å². The molecule has 15 heavy (non-hydrogen) atoms. The molecule has 0 radical (unpaired) electrons. The van der Waals surface area contributed by atoms with Crippen molar-refractivity contribution in [3.05, 3.63) is 39.7 Å². The van der Waals surface area contributed by atoms with Crippen LogP contribution in [0.4, 0.5) is 0 Å². The molecular formula is C11H14N2OS. The van der Waals surface area contributed by atoms with E-state index in [2.05, 4.69) is 10.3 Å². The van der Waals surface area contributed by atoms with Gasteiger partial charge in [-0.3, -0.25) is 0 Å². The lowest BCUT2D eigenvalue weighted by Crippen LogP contribution is -2.11. The van der Waals surface area contributed by atoms with Gasteiger partial charge in [-0.05, 0) is 26.0 Å². The Balaban J connectivity index is 1.86. The van der Waals surface area contributed by atoms with Crippen LogP contribution in [0.2, 0.25) is 0 Å². The monoisotopic (exact) mass is 222 g/mol. The third kappa shape index (κ3) is 2.67. The van der Waals surface area contributed by atoms with Crippen LogP contribution in [-0.4, -0.2) is 4.98 Å². The van der Waals surface area contributed by atoms with E-state index in [0.717, 1.165) is 29.6 Å². The Labute approximate surface area is 93.2 Å². The van der Waals surface area contributed by atoms with Crippen LogP contribution in [-0.2, 0) is 13.1 Å². The fourth-order valence-electron chi connectivity index (χ4n) is 1.45. The summed E-state index contributed by atoms with van der Waals surface area (Å²) >= 11 is 1.75. The van der Waals surface area contributed by atoms with Crippen molar-refractivity contribution in [2.75, 3.05) is 0 Å². The van der Waals surface area contributed by atoms with Gasteiger partial charge in [0.2, 0.25) is 0 Å². The van der Waals surface area contributed by atoms with E-state index in [1.165, 1.54) is 4.88 Å². The van der Waals surface area contributed by atoms with Gasteiger partial charge in [-0.1, -0.05) is 0 Å². The molecule has 1 N–H and O–H groups in total. The fourth-order valence-corrected chi connectivity index (χ4v) is 2.36. The predicted octanol–water partition coefficient (Wildman–Crippen LogP) is 2.64. The van der Waals surface area contributed by atoms with Crippen LogP contribution < -0.4 is 5.32 Å². The lowest BCUT2D eigenvalue weighted by Gasteiger charge is -2.00. The van der Waals surface area contributed by atoms with E-state index in [1.54, 1.807) is 17.6 Å². The molecule has 0 spiro atoms. The van der Waals surface area contributed by atoms with Crippen LogP contribution in [0.3, 0.4) is 0 Å². The van der Waals surface area contributed by atoms with Crippen LogP contribution in [0.15, 0.2) is 22.8 Å². The van der Waals surface area contributed by atoms with Crippen molar-refractivity contribution >= 4 is 11.3 Å². The second-order valence-corrected chi connectivity index (χ2v) is 4.71. The van der Waals surface area contributed by atoms with Gasteiger partial charge in [0.25, 0.3) is 0 Å². The minimum absolute atomic E-state index is 0.767. The van der Waals surface area contributed by atoms with Crippen LogP contribution in [0.25, 0.3) is 0 Å². The quantitative estimate of drug-likeness (QED) is 0.864. The second-order valence-electron chi connectivity index (χ2n) is 3.42. The van der Waals surface area contributed by atoms with E-state index in [0.29, 0.717) is 0 Å². The zero-order valence-electron chi connectivity index (χ0n) is 8.91. The lowest BCUT2D eigenvalue weighted by atomic mass is 10.4. The molecule has 0 bridgehead atoms. The Bertz CT molecular complexity index is 420. The molecule has 0 fully saturated rings. The molecule has 4 heteroatoms. The topological polar surface area (TPSA) is 38.1 Å². The average Bonchev–Trinajstić information content (AvgIpc) is 2.77. The van der Waals surface area contributed by atoms with Gasteiger partial charge < -0.3 is 9.73 Å². The summed E-state index contributed by atoms with van der Waals surface area (Å²) < 4.78 is 5.23. The summed E-state index contributed by atoms with van der Waals surface area (Å²) in [4.78, 5) is 5.69. The summed E-state index contributed by atoms with van der Waals surface area (Å²) in [6.07, 6.45) is 1.69. The third-order valence-corrected chi connectivity index (χ3v) is 3.24. The molecule has 0 aliphatic heterocycles. The molecule has 0 aliphatic rings. The Morgan fingerprint density at radius 2 is 2.27 bits per heavy atom. The summed E-state index contributed by atoms with van der Waals surface area (Å²) in [6, 6.07) is 3.87. The highest BCUT2D eigenvalue weighted by molar-refractivity contribution is 7.11. The fraction of sp³-hybridized carbons (Fsp3) is 0.364. The minimum Gasteiger partial charge on any atom is -0.468 e. The van der Waals surface area contributed by atoms with Gasteiger partial charge in [0.1, 0.15) is 5.76 Å². The van der Waals surface area contributed by atoms with Crippen molar-refractivity contribution in [1.29, 1.82) is 0 Å². The number of hydrogen-bond donors (Lipinski definition) is 1. The highest BCUT2D eigenvalue weighted by atomic mass is 32.1. The van der Waals surface area contributed by atoms with Gasteiger partial charge in [-0.15, -0.1) is 11.3 Å². The molecule has 2 heterocycles. The van der Waals surface area contributed by atoms with Crippen LogP contribution in [0, 0.1) is 13.8 Å². The van der Waals surface area contributed by atoms with Crippen molar-refractivity contribution < 1.29 is 4.42 Å². The standard InChI is InChI=1S/C11H14N2OS/c1-8-11(15-9(2)13-8)7-12-6-10-4-3-5-14-10/h3-5,12H,6-7H2,1-2H3. The first-order chi connectivity index (χ1) is 7.25. The highest BCUT2D eigenvalue weighted by Crippen LogP contribution is 2.16. The van der Waals surface area contributed by atoms with Crippen molar-refractivity contribution in [3.63, 3.8) is 0 Å². The van der Waals surface area contributed by atoms with Gasteiger partial charge >= 0.3 is 0 Å². The summed E-state index contributed by atoms with van der Waals surface area (Å²) in [5, 5.41) is 4.46. The molecule has 2 rings (SSSR count). The molecule has 0 amide bonds. The largest absolute Gasteiger partial charge is 0.468 e. The molecule has 2 aromatic rings. The van der Waals surface area contributed by atoms with Crippen molar-refractivity contribution in [2.24, 2.45) is 0 Å². The number of furan rings is 1. The second kappa shape index (κ2) is 4.59. The van der Waals surface area contributed by atoms with E-state index in [4.69, 9.17) is 4.42 Å². The number of rotatable bonds is 4. The SMILES string of the molecule is Cc1nc(C)c(CNCc2ccco2)s1.